The number of halogens is 1. The van der Waals surface area contributed by atoms with Crippen LogP contribution in [0.5, 0.6) is 0 Å². The molecule has 1 aromatic carbocycles. The van der Waals surface area contributed by atoms with Crippen molar-refractivity contribution >= 4 is 11.6 Å². The van der Waals surface area contributed by atoms with E-state index in [2.05, 4.69) is 20.8 Å². The third-order valence-electron chi connectivity index (χ3n) is 3.42. The first-order valence-electron chi connectivity index (χ1n) is 5.79. The van der Waals surface area contributed by atoms with Gasteiger partial charge in [0, 0.05) is 5.02 Å². The quantitative estimate of drug-likeness (QED) is 0.836. The van der Waals surface area contributed by atoms with Crippen molar-refractivity contribution in [3.63, 3.8) is 0 Å². The monoisotopic (exact) mass is 240 g/mol. The Labute approximate surface area is 103 Å². The van der Waals surface area contributed by atoms with Crippen LogP contribution in [-0.4, -0.2) is 5.11 Å². The fourth-order valence-electron chi connectivity index (χ4n) is 1.77. The smallest absolute Gasteiger partial charge is 0.0820 e. The van der Waals surface area contributed by atoms with Crippen molar-refractivity contribution in [2.75, 3.05) is 0 Å². The summed E-state index contributed by atoms with van der Waals surface area (Å²) < 4.78 is 0. The first-order valence-corrected chi connectivity index (χ1v) is 6.17. The first-order chi connectivity index (χ1) is 7.34. The molecule has 0 bridgehead atoms. The van der Waals surface area contributed by atoms with E-state index in [4.69, 9.17) is 11.6 Å². The Morgan fingerprint density at radius 3 is 2.12 bits per heavy atom. The van der Waals surface area contributed by atoms with E-state index in [1.54, 1.807) is 0 Å². The molecule has 0 radical (unpaired) electrons. The summed E-state index contributed by atoms with van der Waals surface area (Å²) in [5.74, 6) is 0.713. The molecule has 2 heteroatoms. The van der Waals surface area contributed by atoms with Gasteiger partial charge in [-0.3, -0.25) is 0 Å². The molecule has 2 unspecified atom stereocenters. The summed E-state index contributed by atoms with van der Waals surface area (Å²) in [6, 6.07) is 3.93. The second-order valence-corrected chi connectivity index (χ2v) is 5.41. The van der Waals surface area contributed by atoms with Crippen LogP contribution in [0.25, 0.3) is 0 Å². The van der Waals surface area contributed by atoms with E-state index in [1.807, 2.05) is 26.0 Å². The van der Waals surface area contributed by atoms with Crippen LogP contribution in [-0.2, 0) is 0 Å². The fourth-order valence-corrected chi connectivity index (χ4v) is 1.99. The highest BCUT2D eigenvalue weighted by Gasteiger charge is 2.21. The molecule has 1 aromatic rings. The standard InChI is InChI=1S/C14H21ClO/c1-8(2)11(5)14(16)12-6-10(4)13(15)7-9(12)3/h6-8,11,14,16H,1-5H3. The van der Waals surface area contributed by atoms with Crippen LogP contribution in [0.1, 0.15) is 43.6 Å². The number of rotatable bonds is 3. The minimum absolute atomic E-state index is 0.249. The number of aliphatic hydroxyl groups excluding tert-OH is 1. The van der Waals surface area contributed by atoms with E-state index in [1.165, 1.54) is 0 Å². The first kappa shape index (κ1) is 13.5. The van der Waals surface area contributed by atoms with Crippen LogP contribution in [0.4, 0.5) is 0 Å². The highest BCUT2D eigenvalue weighted by molar-refractivity contribution is 6.31. The lowest BCUT2D eigenvalue weighted by Gasteiger charge is -2.24. The minimum Gasteiger partial charge on any atom is -0.388 e. The molecule has 0 aliphatic rings. The summed E-state index contributed by atoms with van der Waals surface area (Å²) in [6.45, 7) is 10.3. The maximum absolute atomic E-state index is 10.3. The SMILES string of the molecule is Cc1cc(C(O)C(C)C(C)C)c(C)cc1Cl. The van der Waals surface area contributed by atoms with E-state index in [0.29, 0.717) is 5.92 Å². The van der Waals surface area contributed by atoms with Gasteiger partial charge >= 0.3 is 0 Å². The summed E-state index contributed by atoms with van der Waals surface area (Å²) >= 11 is 6.05. The molecule has 1 nitrogen and oxygen atoms in total. The van der Waals surface area contributed by atoms with Crippen molar-refractivity contribution in [1.82, 2.24) is 0 Å². The van der Waals surface area contributed by atoms with Gasteiger partial charge in [0.25, 0.3) is 0 Å². The van der Waals surface area contributed by atoms with Gasteiger partial charge in [0.2, 0.25) is 0 Å². The average molecular weight is 241 g/mol. The predicted molar refractivity (Wildman–Crippen MR) is 69.9 cm³/mol. The van der Waals surface area contributed by atoms with E-state index < -0.39 is 6.10 Å². The van der Waals surface area contributed by atoms with Gasteiger partial charge in [0.1, 0.15) is 0 Å². The normalized spacial score (nSPS) is 15.2. The molecule has 0 spiro atoms. The Bertz CT molecular complexity index is 371. The highest BCUT2D eigenvalue weighted by atomic mass is 35.5. The molecule has 1 N–H and O–H groups in total. The Balaban J connectivity index is 3.08. The molecule has 0 aliphatic carbocycles. The van der Waals surface area contributed by atoms with Crippen LogP contribution in [0, 0.1) is 25.7 Å². The molecule has 0 saturated heterocycles. The van der Waals surface area contributed by atoms with Crippen LogP contribution >= 0.6 is 11.6 Å². The lowest BCUT2D eigenvalue weighted by molar-refractivity contribution is 0.0915. The van der Waals surface area contributed by atoms with Gasteiger partial charge in [-0.05, 0) is 48.4 Å². The van der Waals surface area contributed by atoms with Crippen molar-refractivity contribution in [2.24, 2.45) is 11.8 Å². The summed E-state index contributed by atoms with van der Waals surface area (Å²) in [7, 11) is 0. The van der Waals surface area contributed by atoms with Crippen molar-refractivity contribution < 1.29 is 5.11 Å². The van der Waals surface area contributed by atoms with Crippen LogP contribution in [0.2, 0.25) is 5.02 Å². The third kappa shape index (κ3) is 2.78. The second-order valence-electron chi connectivity index (χ2n) is 5.01. The number of hydrogen-bond acceptors (Lipinski definition) is 1. The summed E-state index contributed by atoms with van der Waals surface area (Å²) in [6.07, 6.45) is -0.407. The topological polar surface area (TPSA) is 20.2 Å². The Kier molecular flexibility index (Phi) is 4.40. The van der Waals surface area contributed by atoms with E-state index in [-0.39, 0.29) is 5.92 Å². The molecule has 0 aliphatic heterocycles. The van der Waals surface area contributed by atoms with Gasteiger partial charge in [-0.1, -0.05) is 38.4 Å². The van der Waals surface area contributed by atoms with Gasteiger partial charge < -0.3 is 5.11 Å². The van der Waals surface area contributed by atoms with Gasteiger partial charge in [-0.2, -0.15) is 0 Å². The van der Waals surface area contributed by atoms with E-state index >= 15 is 0 Å². The number of hydrogen-bond donors (Lipinski definition) is 1. The lowest BCUT2D eigenvalue weighted by Crippen LogP contribution is -2.16. The highest BCUT2D eigenvalue weighted by Crippen LogP contribution is 2.32. The molecular weight excluding hydrogens is 220 g/mol. The molecule has 0 saturated carbocycles. The molecule has 16 heavy (non-hydrogen) atoms. The van der Waals surface area contributed by atoms with Gasteiger partial charge in [0.15, 0.2) is 0 Å². The van der Waals surface area contributed by atoms with Crippen LogP contribution in [0.15, 0.2) is 12.1 Å². The van der Waals surface area contributed by atoms with Crippen molar-refractivity contribution in [1.29, 1.82) is 0 Å². The second kappa shape index (κ2) is 5.20. The Hall–Kier alpha value is -0.530. The van der Waals surface area contributed by atoms with E-state index in [9.17, 15) is 5.11 Å². The van der Waals surface area contributed by atoms with Crippen molar-refractivity contribution in [2.45, 2.75) is 40.7 Å². The largest absolute Gasteiger partial charge is 0.388 e. The molecule has 90 valence electrons. The maximum Gasteiger partial charge on any atom is 0.0820 e. The zero-order chi connectivity index (χ0) is 12.5. The summed E-state index contributed by atoms with van der Waals surface area (Å²) in [5, 5.41) is 11.1. The van der Waals surface area contributed by atoms with Crippen LogP contribution < -0.4 is 0 Å². The van der Waals surface area contributed by atoms with Gasteiger partial charge in [-0.15, -0.1) is 0 Å². The zero-order valence-corrected chi connectivity index (χ0v) is 11.5. The fraction of sp³-hybridized carbons (Fsp3) is 0.571. The molecule has 0 heterocycles. The average Bonchev–Trinajstić information content (AvgIpc) is 2.21. The maximum atomic E-state index is 10.3. The number of aliphatic hydroxyl groups is 1. The van der Waals surface area contributed by atoms with Crippen molar-refractivity contribution in [3.8, 4) is 0 Å². The Morgan fingerprint density at radius 2 is 1.62 bits per heavy atom. The third-order valence-corrected chi connectivity index (χ3v) is 3.82. The van der Waals surface area contributed by atoms with E-state index in [0.717, 1.165) is 21.7 Å². The number of benzene rings is 1. The molecule has 0 amide bonds. The minimum atomic E-state index is -0.407. The van der Waals surface area contributed by atoms with Gasteiger partial charge in [0.05, 0.1) is 6.10 Å². The molecule has 0 aromatic heterocycles. The predicted octanol–water partition coefficient (Wildman–Crippen LogP) is 4.28. The summed E-state index contributed by atoms with van der Waals surface area (Å²) in [4.78, 5) is 0. The van der Waals surface area contributed by atoms with Crippen molar-refractivity contribution in [3.05, 3.63) is 33.8 Å². The molecule has 1 rings (SSSR count). The van der Waals surface area contributed by atoms with Crippen LogP contribution in [0.3, 0.4) is 0 Å². The number of aryl methyl sites for hydroxylation is 2. The van der Waals surface area contributed by atoms with Gasteiger partial charge in [-0.25, -0.2) is 0 Å². The molecular formula is C14H21ClO. The molecule has 0 fully saturated rings. The zero-order valence-electron chi connectivity index (χ0n) is 10.7. The lowest BCUT2D eigenvalue weighted by atomic mass is 9.86. The Morgan fingerprint density at radius 1 is 1.06 bits per heavy atom. The molecule has 2 atom stereocenters. The summed E-state index contributed by atoms with van der Waals surface area (Å²) in [5.41, 5.74) is 3.09.